The van der Waals surface area contributed by atoms with Crippen LogP contribution < -0.4 is 20.1 Å². The number of hydrogen-bond acceptors (Lipinski definition) is 7. The summed E-state index contributed by atoms with van der Waals surface area (Å²) in [6, 6.07) is 13.6. The lowest BCUT2D eigenvalue weighted by molar-refractivity contribution is 0.0938. The molecule has 3 heterocycles. The molecule has 2 aromatic carbocycles. The van der Waals surface area contributed by atoms with Crippen LogP contribution in [0.4, 0.5) is 5.82 Å². The molecular weight excluding hydrogens is 456 g/mol. The molecule has 1 atom stereocenters. The van der Waals surface area contributed by atoms with E-state index in [0.717, 1.165) is 53.1 Å². The number of aromatic nitrogens is 3. The number of likely N-dealkylation sites (tertiary alicyclic amines) is 1. The van der Waals surface area contributed by atoms with Gasteiger partial charge in [-0.05, 0) is 50.3 Å². The van der Waals surface area contributed by atoms with Crippen molar-refractivity contribution in [3.05, 3.63) is 66.0 Å². The Balaban J connectivity index is 1.28. The lowest BCUT2D eigenvalue weighted by Crippen LogP contribution is -2.36. The fraction of sp³-hybridized carbons (Fsp3) is 0.296. The molecule has 186 valence electrons. The quantitative estimate of drug-likeness (QED) is 0.349. The third-order valence-corrected chi connectivity index (χ3v) is 6.49. The number of benzene rings is 2. The van der Waals surface area contributed by atoms with Crippen molar-refractivity contribution in [2.75, 3.05) is 39.7 Å². The second-order valence-corrected chi connectivity index (χ2v) is 9.00. The molecule has 1 fully saturated rings. The van der Waals surface area contributed by atoms with Crippen molar-refractivity contribution in [2.45, 2.75) is 19.0 Å². The van der Waals surface area contributed by atoms with E-state index in [0.29, 0.717) is 23.7 Å². The summed E-state index contributed by atoms with van der Waals surface area (Å²) < 4.78 is 11.0. The number of carbonyl (C=O) groups is 1. The van der Waals surface area contributed by atoms with Crippen LogP contribution >= 0.6 is 0 Å². The fourth-order valence-electron chi connectivity index (χ4n) is 4.56. The van der Waals surface area contributed by atoms with E-state index < -0.39 is 0 Å². The van der Waals surface area contributed by atoms with E-state index >= 15 is 0 Å². The largest absolute Gasteiger partial charge is 0.496 e. The van der Waals surface area contributed by atoms with Gasteiger partial charge >= 0.3 is 0 Å². The van der Waals surface area contributed by atoms with Crippen molar-refractivity contribution in [3.63, 3.8) is 0 Å². The van der Waals surface area contributed by atoms with Gasteiger partial charge in [0.1, 0.15) is 23.0 Å². The van der Waals surface area contributed by atoms with Crippen LogP contribution in [0.25, 0.3) is 22.3 Å². The van der Waals surface area contributed by atoms with E-state index in [1.165, 1.54) is 0 Å². The number of carbonyl (C=O) groups excluding carboxylic acids is 1. The van der Waals surface area contributed by atoms with Gasteiger partial charge in [0.25, 0.3) is 5.91 Å². The predicted octanol–water partition coefficient (Wildman–Crippen LogP) is 3.69. The van der Waals surface area contributed by atoms with Crippen molar-refractivity contribution in [1.82, 2.24) is 25.2 Å². The number of methoxy groups -OCH3 is 2. The highest BCUT2D eigenvalue weighted by Crippen LogP contribution is 2.30. The number of hydrogen-bond donors (Lipinski definition) is 3. The lowest BCUT2D eigenvalue weighted by Gasteiger charge is -2.15. The molecule has 0 radical (unpaired) electrons. The van der Waals surface area contributed by atoms with E-state index in [1.807, 2.05) is 36.4 Å². The van der Waals surface area contributed by atoms with Crippen LogP contribution in [0, 0.1) is 0 Å². The zero-order chi connectivity index (χ0) is 25.1. The Labute approximate surface area is 209 Å². The van der Waals surface area contributed by atoms with Crippen molar-refractivity contribution in [2.24, 2.45) is 0 Å². The summed E-state index contributed by atoms with van der Waals surface area (Å²) in [4.78, 5) is 27.4. The van der Waals surface area contributed by atoms with Crippen molar-refractivity contribution >= 4 is 22.6 Å². The monoisotopic (exact) mass is 486 g/mol. The van der Waals surface area contributed by atoms with Gasteiger partial charge in [0.05, 0.1) is 32.3 Å². The molecule has 0 spiro atoms. The normalized spacial score (nSPS) is 15.7. The maximum atomic E-state index is 12.7. The molecule has 1 amide bonds. The first kappa shape index (κ1) is 23.6. The molecule has 0 saturated carbocycles. The van der Waals surface area contributed by atoms with Gasteiger partial charge in [-0.3, -0.25) is 9.78 Å². The zero-order valence-corrected chi connectivity index (χ0v) is 20.7. The molecule has 5 rings (SSSR count). The molecule has 0 aliphatic carbocycles. The smallest absolute Gasteiger partial charge is 0.251 e. The minimum atomic E-state index is -0.0818. The highest BCUT2D eigenvalue weighted by atomic mass is 16.5. The first-order valence-corrected chi connectivity index (χ1v) is 11.9. The van der Waals surface area contributed by atoms with E-state index in [-0.39, 0.29) is 11.9 Å². The van der Waals surface area contributed by atoms with Crippen molar-refractivity contribution in [3.8, 4) is 22.9 Å². The zero-order valence-electron chi connectivity index (χ0n) is 20.7. The van der Waals surface area contributed by atoms with Gasteiger partial charge in [0.2, 0.25) is 0 Å². The van der Waals surface area contributed by atoms with Gasteiger partial charge in [0.15, 0.2) is 0 Å². The number of rotatable bonds is 8. The lowest BCUT2D eigenvalue weighted by atomic mass is 10.1. The van der Waals surface area contributed by atoms with Gasteiger partial charge in [-0.1, -0.05) is 12.1 Å². The molecule has 3 N–H and O–H groups in total. The number of H-pyrrole nitrogens is 1. The van der Waals surface area contributed by atoms with Gasteiger partial charge < -0.3 is 30.0 Å². The van der Waals surface area contributed by atoms with E-state index in [9.17, 15) is 4.79 Å². The second kappa shape index (κ2) is 10.2. The van der Waals surface area contributed by atoms with Crippen LogP contribution in [0.15, 0.2) is 54.9 Å². The summed E-state index contributed by atoms with van der Waals surface area (Å²) in [7, 11) is 5.33. The summed E-state index contributed by atoms with van der Waals surface area (Å²) in [5.74, 6) is 2.00. The Hall–Kier alpha value is -4.11. The molecule has 9 nitrogen and oxygen atoms in total. The molecule has 2 aromatic heterocycles. The molecular formula is C27H30N6O3. The van der Waals surface area contributed by atoms with Crippen LogP contribution in [-0.2, 0) is 6.54 Å². The molecule has 4 aromatic rings. The van der Waals surface area contributed by atoms with Crippen LogP contribution in [0.2, 0.25) is 0 Å². The summed E-state index contributed by atoms with van der Waals surface area (Å²) in [6.07, 6.45) is 4.37. The Morgan fingerprint density at radius 2 is 2.00 bits per heavy atom. The van der Waals surface area contributed by atoms with Gasteiger partial charge in [0, 0.05) is 41.2 Å². The number of anilines is 1. The van der Waals surface area contributed by atoms with Crippen molar-refractivity contribution in [1.29, 1.82) is 0 Å². The minimum absolute atomic E-state index is 0.0818. The number of likely N-dealkylation sites (N-methyl/N-ethyl adjacent to an activating group) is 1. The second-order valence-electron chi connectivity index (χ2n) is 9.00. The number of amides is 1. The fourth-order valence-corrected chi connectivity index (χ4v) is 4.56. The Morgan fingerprint density at radius 3 is 2.78 bits per heavy atom. The third-order valence-electron chi connectivity index (χ3n) is 6.49. The first-order valence-electron chi connectivity index (χ1n) is 11.9. The van der Waals surface area contributed by atoms with E-state index in [1.54, 1.807) is 32.7 Å². The maximum Gasteiger partial charge on any atom is 0.251 e. The molecule has 1 unspecified atom stereocenters. The van der Waals surface area contributed by atoms with E-state index in [2.05, 4.69) is 32.5 Å². The predicted molar refractivity (Wildman–Crippen MR) is 140 cm³/mol. The van der Waals surface area contributed by atoms with Gasteiger partial charge in [-0.25, -0.2) is 4.98 Å². The molecule has 1 aliphatic heterocycles. The van der Waals surface area contributed by atoms with Gasteiger partial charge in [-0.15, -0.1) is 0 Å². The Kier molecular flexibility index (Phi) is 6.73. The molecule has 1 saturated heterocycles. The third kappa shape index (κ3) is 4.96. The number of nitrogens with zero attached hydrogens (tertiary/aromatic N) is 3. The SMILES string of the molecule is COc1cc(C(=O)NC2CCN(C)C2)ccc1CNc1cncc(-c2cc3c(OC)cccc3[nH]2)n1. The number of fused-ring (bicyclic) bond motifs is 1. The summed E-state index contributed by atoms with van der Waals surface area (Å²) in [6.45, 7) is 2.34. The highest BCUT2D eigenvalue weighted by molar-refractivity contribution is 5.95. The molecule has 9 heteroatoms. The Bertz CT molecular complexity index is 1390. The van der Waals surface area contributed by atoms with E-state index in [4.69, 9.17) is 14.5 Å². The van der Waals surface area contributed by atoms with Crippen molar-refractivity contribution < 1.29 is 14.3 Å². The summed E-state index contributed by atoms with van der Waals surface area (Å²) >= 11 is 0. The maximum absolute atomic E-state index is 12.7. The number of nitrogens with one attached hydrogen (secondary N) is 3. The van der Waals surface area contributed by atoms with Crippen LogP contribution in [0.5, 0.6) is 11.5 Å². The van der Waals surface area contributed by atoms with Crippen LogP contribution in [0.1, 0.15) is 22.3 Å². The highest BCUT2D eigenvalue weighted by Gasteiger charge is 2.22. The minimum Gasteiger partial charge on any atom is -0.496 e. The molecule has 36 heavy (non-hydrogen) atoms. The number of aromatic amines is 1. The topological polar surface area (TPSA) is 104 Å². The first-order chi connectivity index (χ1) is 17.5. The average molecular weight is 487 g/mol. The van der Waals surface area contributed by atoms with Crippen LogP contribution in [0.3, 0.4) is 0 Å². The summed E-state index contributed by atoms with van der Waals surface area (Å²) in [5, 5.41) is 7.42. The molecule has 0 bridgehead atoms. The average Bonchev–Trinajstić information content (AvgIpc) is 3.53. The number of ether oxygens (including phenoxy) is 2. The van der Waals surface area contributed by atoms with Gasteiger partial charge in [-0.2, -0.15) is 0 Å². The van der Waals surface area contributed by atoms with Crippen LogP contribution in [-0.4, -0.2) is 66.2 Å². The summed E-state index contributed by atoms with van der Waals surface area (Å²) in [5.41, 5.74) is 4.04. The molecule has 1 aliphatic rings. The Morgan fingerprint density at radius 1 is 1.14 bits per heavy atom. The standard InChI is InChI=1S/C27H30N6O3/c1-33-10-9-19(16-33)30-27(34)17-7-8-18(25(11-17)36-3)13-29-26-15-28-14-23(32-26)22-12-20-21(31-22)5-4-6-24(20)35-2/h4-8,11-12,14-15,19,31H,9-10,13,16H2,1-3H3,(H,29,32)(H,30,34).